The number of nitrogens with one attached hydrogen (secondary N) is 1. The summed E-state index contributed by atoms with van der Waals surface area (Å²) < 4.78 is 26.3. The first-order chi connectivity index (χ1) is 9.40. The number of rotatable bonds is 3. The molecule has 0 bridgehead atoms. The molecule has 1 aromatic carbocycles. The fraction of sp³-hybridized carbons (Fsp3) is 0.533. The molecule has 0 aromatic heterocycles. The molecule has 20 heavy (non-hydrogen) atoms. The van der Waals surface area contributed by atoms with Crippen molar-refractivity contribution in [3.63, 3.8) is 0 Å². The number of benzene rings is 1. The van der Waals surface area contributed by atoms with Crippen LogP contribution in [0.25, 0.3) is 0 Å². The monoisotopic (exact) mass is 282 g/mol. The topological polar surface area (TPSA) is 55.1 Å². The van der Waals surface area contributed by atoms with Crippen LogP contribution in [-0.2, 0) is 11.3 Å². The van der Waals surface area contributed by atoms with Gasteiger partial charge in [-0.05, 0) is 24.8 Å². The van der Waals surface area contributed by atoms with Crippen LogP contribution in [0.2, 0.25) is 0 Å². The maximum absolute atomic E-state index is 13.5. The standard InChI is InChI=1S/C15H20F2N2O/c1-10-3-2-6-15(18,8-10)14(20)19-9-11-4-5-12(16)7-13(11)17/h4-5,7,10H,2-3,6,8-9,18H2,1H3,(H,19,20). The molecule has 110 valence electrons. The Hall–Kier alpha value is -1.49. The van der Waals surface area contributed by atoms with Crippen molar-refractivity contribution in [2.24, 2.45) is 11.7 Å². The lowest BCUT2D eigenvalue weighted by Crippen LogP contribution is -2.56. The van der Waals surface area contributed by atoms with E-state index in [-0.39, 0.29) is 18.0 Å². The Morgan fingerprint density at radius 3 is 2.90 bits per heavy atom. The van der Waals surface area contributed by atoms with Gasteiger partial charge in [-0.25, -0.2) is 8.78 Å². The lowest BCUT2D eigenvalue weighted by atomic mass is 9.76. The molecule has 3 nitrogen and oxygen atoms in total. The minimum absolute atomic E-state index is 0.0261. The maximum atomic E-state index is 13.5. The number of amides is 1. The number of halogens is 2. The second kappa shape index (κ2) is 5.87. The van der Waals surface area contributed by atoms with Crippen molar-refractivity contribution in [1.82, 2.24) is 5.32 Å². The first kappa shape index (κ1) is 14.9. The molecule has 0 heterocycles. The van der Waals surface area contributed by atoms with E-state index in [1.54, 1.807) is 0 Å². The van der Waals surface area contributed by atoms with E-state index in [9.17, 15) is 13.6 Å². The van der Waals surface area contributed by atoms with E-state index in [1.807, 2.05) is 0 Å². The lowest BCUT2D eigenvalue weighted by Gasteiger charge is -2.35. The quantitative estimate of drug-likeness (QED) is 0.895. The van der Waals surface area contributed by atoms with Crippen molar-refractivity contribution in [1.29, 1.82) is 0 Å². The molecule has 5 heteroatoms. The molecule has 0 radical (unpaired) electrons. The summed E-state index contributed by atoms with van der Waals surface area (Å²) in [4.78, 5) is 12.2. The molecule has 2 rings (SSSR count). The van der Waals surface area contributed by atoms with Crippen molar-refractivity contribution in [3.05, 3.63) is 35.4 Å². The van der Waals surface area contributed by atoms with Crippen LogP contribution >= 0.6 is 0 Å². The third-order valence-corrected chi connectivity index (χ3v) is 3.94. The van der Waals surface area contributed by atoms with E-state index < -0.39 is 17.2 Å². The predicted molar refractivity (Wildman–Crippen MR) is 72.8 cm³/mol. The molecule has 3 N–H and O–H groups in total. The Labute approximate surface area is 117 Å². The van der Waals surface area contributed by atoms with Crippen molar-refractivity contribution in [3.8, 4) is 0 Å². The molecule has 1 aromatic rings. The Morgan fingerprint density at radius 2 is 2.25 bits per heavy atom. The van der Waals surface area contributed by atoms with Crippen LogP contribution in [0.4, 0.5) is 8.78 Å². The van der Waals surface area contributed by atoms with Gasteiger partial charge in [-0.15, -0.1) is 0 Å². The van der Waals surface area contributed by atoms with E-state index in [1.165, 1.54) is 12.1 Å². The van der Waals surface area contributed by atoms with E-state index in [4.69, 9.17) is 5.73 Å². The van der Waals surface area contributed by atoms with E-state index in [0.717, 1.165) is 18.9 Å². The highest BCUT2D eigenvalue weighted by molar-refractivity contribution is 5.86. The van der Waals surface area contributed by atoms with Gasteiger partial charge >= 0.3 is 0 Å². The van der Waals surface area contributed by atoms with Gasteiger partial charge in [-0.3, -0.25) is 4.79 Å². The SMILES string of the molecule is CC1CCCC(N)(C(=O)NCc2ccc(F)cc2F)C1. The molecule has 1 fully saturated rings. The van der Waals surface area contributed by atoms with Crippen LogP contribution in [0.5, 0.6) is 0 Å². The number of hydrogen-bond donors (Lipinski definition) is 2. The highest BCUT2D eigenvalue weighted by Gasteiger charge is 2.37. The van der Waals surface area contributed by atoms with Crippen molar-refractivity contribution >= 4 is 5.91 Å². The van der Waals surface area contributed by atoms with Crippen LogP contribution in [0, 0.1) is 17.6 Å². The zero-order valence-corrected chi connectivity index (χ0v) is 11.6. The molecule has 0 aliphatic heterocycles. The molecule has 2 unspecified atom stereocenters. The fourth-order valence-corrected chi connectivity index (χ4v) is 2.81. The van der Waals surface area contributed by atoms with Crippen molar-refractivity contribution in [2.75, 3.05) is 0 Å². The first-order valence-electron chi connectivity index (χ1n) is 6.92. The van der Waals surface area contributed by atoms with Gasteiger partial charge < -0.3 is 11.1 Å². The minimum atomic E-state index is -0.867. The van der Waals surface area contributed by atoms with Crippen molar-refractivity contribution < 1.29 is 13.6 Å². The highest BCUT2D eigenvalue weighted by Crippen LogP contribution is 2.30. The van der Waals surface area contributed by atoms with E-state index >= 15 is 0 Å². The molecule has 0 saturated heterocycles. The molecule has 1 aliphatic rings. The summed E-state index contributed by atoms with van der Waals surface area (Å²) in [6, 6.07) is 3.31. The Bertz CT molecular complexity index is 507. The minimum Gasteiger partial charge on any atom is -0.350 e. The highest BCUT2D eigenvalue weighted by atomic mass is 19.1. The van der Waals surface area contributed by atoms with Gasteiger partial charge in [0.1, 0.15) is 11.6 Å². The average molecular weight is 282 g/mol. The van der Waals surface area contributed by atoms with Crippen LogP contribution in [0.15, 0.2) is 18.2 Å². The van der Waals surface area contributed by atoms with Gasteiger partial charge in [0.25, 0.3) is 0 Å². The Morgan fingerprint density at radius 1 is 1.50 bits per heavy atom. The summed E-state index contributed by atoms with van der Waals surface area (Å²) in [5.41, 5.74) is 5.54. The van der Waals surface area contributed by atoms with Crippen molar-refractivity contribution in [2.45, 2.75) is 44.7 Å². The third-order valence-electron chi connectivity index (χ3n) is 3.94. The molecule has 2 atom stereocenters. The van der Waals surface area contributed by atoms with Crippen LogP contribution in [-0.4, -0.2) is 11.4 Å². The Kier molecular flexibility index (Phi) is 4.38. The summed E-state index contributed by atoms with van der Waals surface area (Å²) in [5, 5.41) is 2.66. The van der Waals surface area contributed by atoms with Gasteiger partial charge in [0, 0.05) is 18.2 Å². The number of carbonyl (C=O) groups is 1. The normalized spacial score (nSPS) is 26.3. The van der Waals surface area contributed by atoms with E-state index in [2.05, 4.69) is 12.2 Å². The molecule has 0 spiro atoms. The van der Waals surface area contributed by atoms with Crippen LogP contribution in [0.1, 0.15) is 38.2 Å². The largest absolute Gasteiger partial charge is 0.350 e. The summed E-state index contributed by atoms with van der Waals surface area (Å²) in [7, 11) is 0. The van der Waals surface area contributed by atoms with Gasteiger partial charge in [0.15, 0.2) is 0 Å². The van der Waals surface area contributed by atoms with Gasteiger partial charge in [-0.2, -0.15) is 0 Å². The number of nitrogens with two attached hydrogens (primary N) is 1. The summed E-state index contributed by atoms with van der Waals surface area (Å²) >= 11 is 0. The second-order valence-electron chi connectivity index (χ2n) is 5.78. The van der Waals surface area contributed by atoms with Gasteiger partial charge in [0.2, 0.25) is 5.91 Å². The summed E-state index contributed by atoms with van der Waals surface area (Å²) in [6.45, 7) is 2.10. The van der Waals surface area contributed by atoms with Gasteiger partial charge in [-0.1, -0.05) is 25.8 Å². The second-order valence-corrected chi connectivity index (χ2v) is 5.78. The smallest absolute Gasteiger partial charge is 0.240 e. The predicted octanol–water partition coefficient (Wildman–Crippen LogP) is 2.49. The zero-order valence-electron chi connectivity index (χ0n) is 11.6. The van der Waals surface area contributed by atoms with Crippen LogP contribution < -0.4 is 11.1 Å². The number of carbonyl (C=O) groups excluding carboxylic acids is 1. The molecule has 1 aliphatic carbocycles. The fourth-order valence-electron chi connectivity index (χ4n) is 2.81. The average Bonchev–Trinajstić information content (AvgIpc) is 2.37. The third kappa shape index (κ3) is 3.33. The van der Waals surface area contributed by atoms with Gasteiger partial charge in [0.05, 0.1) is 5.54 Å². The van der Waals surface area contributed by atoms with Crippen LogP contribution in [0.3, 0.4) is 0 Å². The lowest BCUT2D eigenvalue weighted by molar-refractivity contribution is -0.128. The first-order valence-corrected chi connectivity index (χ1v) is 6.92. The summed E-state index contributed by atoms with van der Waals surface area (Å²) in [5.74, 6) is -1.13. The summed E-state index contributed by atoms with van der Waals surface area (Å²) in [6.07, 6.45) is 3.30. The zero-order chi connectivity index (χ0) is 14.8. The number of hydrogen-bond acceptors (Lipinski definition) is 2. The van der Waals surface area contributed by atoms with E-state index in [0.29, 0.717) is 18.8 Å². The molecular formula is C15H20F2N2O. The maximum Gasteiger partial charge on any atom is 0.240 e. The molecule has 1 amide bonds. The molecule has 1 saturated carbocycles. The molecular weight excluding hydrogens is 262 g/mol. The Balaban J connectivity index is 1.98.